The Morgan fingerprint density at radius 1 is 1.33 bits per heavy atom. The zero-order valence-electron chi connectivity index (χ0n) is 13.6. The maximum Gasteiger partial charge on any atom is 0.387 e. The quantitative estimate of drug-likeness (QED) is 0.275. The monoisotopic (exact) mass is 453 g/mol. The first-order valence-electron chi connectivity index (χ1n) is 7.27. The fourth-order valence-electron chi connectivity index (χ4n) is 1.82. The molecule has 0 saturated carbocycles. The summed E-state index contributed by atoms with van der Waals surface area (Å²) in [5, 5.41) is 5.93. The Bertz CT molecular complexity index is 563. The van der Waals surface area contributed by atoms with Crippen LogP contribution in [0.2, 0.25) is 0 Å². The standard InChI is InChI=1S/C16H21F2N3O2.HI/c1-4-10-20-16(19-5-2)21-11-12-8-7-9-13(22-6-3)14(12)23-15(17)18;/h1,7-9,15H,5-6,10-11H2,2-3H3,(H2,19,20,21);1H. The van der Waals surface area contributed by atoms with Crippen molar-refractivity contribution < 1.29 is 18.3 Å². The molecular weight excluding hydrogens is 431 g/mol. The van der Waals surface area contributed by atoms with Crippen molar-refractivity contribution in [3.8, 4) is 23.8 Å². The van der Waals surface area contributed by atoms with Crippen LogP contribution in [0.4, 0.5) is 8.78 Å². The van der Waals surface area contributed by atoms with Crippen molar-refractivity contribution in [3.05, 3.63) is 23.8 Å². The number of terminal acetylenes is 1. The number of guanidine groups is 1. The van der Waals surface area contributed by atoms with Gasteiger partial charge in [0, 0.05) is 12.1 Å². The predicted octanol–water partition coefficient (Wildman–Crippen LogP) is 2.99. The number of hydrogen-bond donors (Lipinski definition) is 2. The number of para-hydroxylation sites is 1. The van der Waals surface area contributed by atoms with Gasteiger partial charge in [-0.05, 0) is 19.9 Å². The molecule has 0 radical (unpaired) electrons. The summed E-state index contributed by atoms with van der Waals surface area (Å²) in [6.07, 6.45) is 5.20. The number of halogens is 3. The summed E-state index contributed by atoms with van der Waals surface area (Å²) in [4.78, 5) is 4.31. The molecule has 0 aliphatic carbocycles. The number of nitrogens with zero attached hydrogens (tertiary/aromatic N) is 1. The van der Waals surface area contributed by atoms with E-state index in [9.17, 15) is 8.78 Å². The molecule has 0 unspecified atom stereocenters. The highest BCUT2D eigenvalue weighted by atomic mass is 127. The molecule has 0 spiro atoms. The Balaban J connectivity index is 0.00000529. The minimum atomic E-state index is -2.94. The summed E-state index contributed by atoms with van der Waals surface area (Å²) in [5.41, 5.74) is 0.495. The lowest BCUT2D eigenvalue weighted by molar-refractivity contribution is -0.0520. The molecule has 8 heteroatoms. The maximum absolute atomic E-state index is 12.6. The average molecular weight is 453 g/mol. The van der Waals surface area contributed by atoms with Crippen molar-refractivity contribution in [2.75, 3.05) is 19.7 Å². The fraction of sp³-hybridized carbons (Fsp3) is 0.438. The van der Waals surface area contributed by atoms with Gasteiger partial charge in [0.25, 0.3) is 0 Å². The average Bonchev–Trinajstić information content (AvgIpc) is 2.52. The lowest BCUT2D eigenvalue weighted by Crippen LogP contribution is -2.37. The third-order valence-corrected chi connectivity index (χ3v) is 2.68. The lowest BCUT2D eigenvalue weighted by atomic mass is 10.2. The first-order valence-corrected chi connectivity index (χ1v) is 7.27. The zero-order chi connectivity index (χ0) is 17.1. The molecule has 1 aromatic carbocycles. The van der Waals surface area contributed by atoms with E-state index >= 15 is 0 Å². The Morgan fingerprint density at radius 2 is 2.08 bits per heavy atom. The van der Waals surface area contributed by atoms with Crippen LogP contribution in [0, 0.1) is 12.3 Å². The van der Waals surface area contributed by atoms with E-state index in [-0.39, 0.29) is 42.0 Å². The van der Waals surface area contributed by atoms with Crippen LogP contribution in [0.5, 0.6) is 11.5 Å². The van der Waals surface area contributed by atoms with Gasteiger partial charge in [0.2, 0.25) is 0 Å². The van der Waals surface area contributed by atoms with Gasteiger partial charge in [0.1, 0.15) is 0 Å². The van der Waals surface area contributed by atoms with E-state index in [1.165, 1.54) is 0 Å². The molecule has 0 heterocycles. The molecule has 0 saturated heterocycles. The minimum absolute atomic E-state index is 0. The highest BCUT2D eigenvalue weighted by Gasteiger charge is 2.15. The highest BCUT2D eigenvalue weighted by molar-refractivity contribution is 14.0. The van der Waals surface area contributed by atoms with E-state index in [1.54, 1.807) is 25.1 Å². The SMILES string of the molecule is C#CCNC(=NCc1cccc(OCC)c1OC(F)F)NCC.I. The number of aliphatic imine (C=N–C) groups is 1. The lowest BCUT2D eigenvalue weighted by Gasteiger charge is -2.15. The van der Waals surface area contributed by atoms with Gasteiger partial charge in [-0.3, -0.25) is 0 Å². The van der Waals surface area contributed by atoms with Crippen molar-refractivity contribution in [2.45, 2.75) is 27.0 Å². The molecule has 0 atom stereocenters. The van der Waals surface area contributed by atoms with Crippen LogP contribution in [0.3, 0.4) is 0 Å². The van der Waals surface area contributed by atoms with Crippen LogP contribution in [-0.2, 0) is 6.54 Å². The second-order valence-corrected chi connectivity index (χ2v) is 4.31. The first kappa shape index (κ1) is 22.2. The number of nitrogens with one attached hydrogen (secondary N) is 2. The van der Waals surface area contributed by atoms with Gasteiger partial charge < -0.3 is 20.1 Å². The van der Waals surface area contributed by atoms with E-state index in [0.717, 1.165) is 0 Å². The molecule has 0 aromatic heterocycles. The third kappa shape index (κ3) is 7.68. The number of benzene rings is 1. The van der Waals surface area contributed by atoms with E-state index in [0.29, 0.717) is 31.2 Å². The highest BCUT2D eigenvalue weighted by Crippen LogP contribution is 2.33. The molecule has 1 aromatic rings. The van der Waals surface area contributed by atoms with Crippen molar-refractivity contribution in [1.29, 1.82) is 0 Å². The van der Waals surface area contributed by atoms with Gasteiger partial charge in [0.05, 0.1) is 19.7 Å². The van der Waals surface area contributed by atoms with E-state index in [2.05, 4.69) is 26.3 Å². The van der Waals surface area contributed by atoms with Crippen molar-refractivity contribution in [1.82, 2.24) is 10.6 Å². The summed E-state index contributed by atoms with van der Waals surface area (Å²) in [6.45, 7) is 2.19. The number of hydrogen-bond acceptors (Lipinski definition) is 3. The molecule has 2 N–H and O–H groups in total. The fourth-order valence-corrected chi connectivity index (χ4v) is 1.82. The normalized spacial score (nSPS) is 10.6. The van der Waals surface area contributed by atoms with Crippen LogP contribution in [0.1, 0.15) is 19.4 Å². The van der Waals surface area contributed by atoms with Crippen molar-refractivity contribution in [3.63, 3.8) is 0 Å². The molecule has 0 bridgehead atoms. The summed E-state index contributed by atoms with van der Waals surface area (Å²) < 4.78 is 35.2. The Kier molecular flexibility index (Phi) is 11.7. The van der Waals surface area contributed by atoms with Gasteiger partial charge in [-0.15, -0.1) is 30.4 Å². The first-order chi connectivity index (χ1) is 11.1. The Labute approximate surface area is 158 Å². The number of ether oxygens (including phenoxy) is 2. The predicted molar refractivity (Wildman–Crippen MR) is 101 cm³/mol. The van der Waals surface area contributed by atoms with Crippen molar-refractivity contribution >= 4 is 29.9 Å². The van der Waals surface area contributed by atoms with E-state index in [4.69, 9.17) is 11.2 Å². The van der Waals surface area contributed by atoms with Crippen LogP contribution >= 0.6 is 24.0 Å². The summed E-state index contributed by atoms with van der Waals surface area (Å²) in [7, 11) is 0. The van der Waals surface area contributed by atoms with Crippen LogP contribution < -0.4 is 20.1 Å². The smallest absolute Gasteiger partial charge is 0.387 e. The second kappa shape index (κ2) is 12.6. The van der Waals surface area contributed by atoms with Gasteiger partial charge in [-0.25, -0.2) is 4.99 Å². The molecule has 0 aliphatic heterocycles. The van der Waals surface area contributed by atoms with Gasteiger partial charge in [-0.1, -0.05) is 18.1 Å². The summed E-state index contributed by atoms with van der Waals surface area (Å²) in [5.74, 6) is 3.20. The minimum Gasteiger partial charge on any atom is -0.490 e. The van der Waals surface area contributed by atoms with E-state index < -0.39 is 6.61 Å². The molecule has 0 aliphatic rings. The van der Waals surface area contributed by atoms with Crippen LogP contribution in [-0.4, -0.2) is 32.3 Å². The zero-order valence-corrected chi connectivity index (χ0v) is 16.0. The molecule has 134 valence electrons. The van der Waals surface area contributed by atoms with Gasteiger partial charge >= 0.3 is 6.61 Å². The van der Waals surface area contributed by atoms with Gasteiger partial charge in [-0.2, -0.15) is 8.78 Å². The Hall–Kier alpha value is -1.76. The maximum atomic E-state index is 12.6. The molecule has 1 rings (SSSR count). The molecular formula is C16H22F2IN3O2. The van der Waals surface area contributed by atoms with E-state index in [1.807, 2.05) is 6.92 Å². The Morgan fingerprint density at radius 3 is 2.67 bits per heavy atom. The number of rotatable bonds is 8. The van der Waals surface area contributed by atoms with Crippen LogP contribution in [0.15, 0.2) is 23.2 Å². The molecule has 5 nitrogen and oxygen atoms in total. The van der Waals surface area contributed by atoms with Gasteiger partial charge in [0.15, 0.2) is 17.5 Å². The van der Waals surface area contributed by atoms with Crippen LogP contribution in [0.25, 0.3) is 0 Å². The number of alkyl halides is 2. The van der Waals surface area contributed by atoms with Crippen molar-refractivity contribution in [2.24, 2.45) is 4.99 Å². The summed E-state index contributed by atoms with van der Waals surface area (Å²) >= 11 is 0. The molecule has 0 fully saturated rings. The molecule has 24 heavy (non-hydrogen) atoms. The molecule has 0 amide bonds. The summed E-state index contributed by atoms with van der Waals surface area (Å²) in [6, 6.07) is 4.95. The topological polar surface area (TPSA) is 54.9 Å². The second-order valence-electron chi connectivity index (χ2n) is 4.31. The third-order valence-electron chi connectivity index (χ3n) is 2.68. The largest absolute Gasteiger partial charge is 0.490 e.